The van der Waals surface area contributed by atoms with Crippen molar-refractivity contribution in [2.24, 2.45) is 0 Å². The average Bonchev–Trinajstić information content (AvgIpc) is 2.82. The summed E-state index contributed by atoms with van der Waals surface area (Å²) in [6.45, 7) is 0. The van der Waals surface area contributed by atoms with E-state index in [1.165, 1.54) is 6.26 Å². The third kappa shape index (κ3) is 1.89. The molecule has 0 fully saturated rings. The third-order valence-corrected chi connectivity index (χ3v) is 2.66. The fourth-order valence-corrected chi connectivity index (χ4v) is 1.84. The second-order valence-corrected chi connectivity index (χ2v) is 3.84. The summed E-state index contributed by atoms with van der Waals surface area (Å²) in [5.74, 6) is 1.11. The van der Waals surface area contributed by atoms with Crippen molar-refractivity contribution in [3.63, 3.8) is 0 Å². The Morgan fingerprint density at radius 2 is 2.29 bits per heavy atom. The number of hydrogen-bond acceptors (Lipinski definition) is 6. The molecule has 17 heavy (non-hydrogen) atoms. The standard InChI is InChI=1S/C11H10N4O2/c16-9-3-1-2-8-7(9)6-12-11(13-8)14-10-4-5-17-15-10/h4-6H,1-3H2,(H,12,13,14,15). The summed E-state index contributed by atoms with van der Waals surface area (Å²) in [6.07, 6.45) is 5.30. The topological polar surface area (TPSA) is 80.9 Å². The van der Waals surface area contributed by atoms with Crippen molar-refractivity contribution in [1.29, 1.82) is 0 Å². The number of anilines is 2. The number of rotatable bonds is 2. The summed E-state index contributed by atoms with van der Waals surface area (Å²) in [5, 5.41) is 6.62. The normalized spacial score (nSPS) is 14.5. The third-order valence-electron chi connectivity index (χ3n) is 2.66. The van der Waals surface area contributed by atoms with E-state index >= 15 is 0 Å². The zero-order valence-electron chi connectivity index (χ0n) is 9.01. The van der Waals surface area contributed by atoms with E-state index in [1.54, 1.807) is 12.3 Å². The van der Waals surface area contributed by atoms with Gasteiger partial charge in [0.1, 0.15) is 6.26 Å². The van der Waals surface area contributed by atoms with E-state index in [-0.39, 0.29) is 5.78 Å². The average molecular weight is 230 g/mol. The Morgan fingerprint density at radius 1 is 1.35 bits per heavy atom. The molecule has 0 bridgehead atoms. The highest BCUT2D eigenvalue weighted by Gasteiger charge is 2.19. The molecule has 6 nitrogen and oxygen atoms in total. The maximum atomic E-state index is 11.6. The largest absolute Gasteiger partial charge is 0.363 e. The summed E-state index contributed by atoms with van der Waals surface area (Å²) in [4.78, 5) is 20.0. The van der Waals surface area contributed by atoms with Crippen molar-refractivity contribution in [1.82, 2.24) is 15.1 Å². The van der Waals surface area contributed by atoms with Gasteiger partial charge in [-0.3, -0.25) is 4.79 Å². The highest BCUT2D eigenvalue weighted by atomic mass is 16.5. The van der Waals surface area contributed by atoms with Crippen LogP contribution in [0.5, 0.6) is 0 Å². The van der Waals surface area contributed by atoms with Crippen molar-refractivity contribution in [2.45, 2.75) is 19.3 Å². The minimum absolute atomic E-state index is 0.124. The molecule has 0 radical (unpaired) electrons. The molecule has 1 N–H and O–H groups in total. The maximum Gasteiger partial charge on any atom is 0.228 e. The zero-order valence-corrected chi connectivity index (χ0v) is 9.01. The van der Waals surface area contributed by atoms with E-state index in [4.69, 9.17) is 4.52 Å². The lowest BCUT2D eigenvalue weighted by Gasteiger charge is -2.13. The molecule has 1 aliphatic carbocycles. The second kappa shape index (κ2) is 3.97. The first kappa shape index (κ1) is 9.95. The van der Waals surface area contributed by atoms with E-state index in [0.29, 0.717) is 23.8 Å². The van der Waals surface area contributed by atoms with Gasteiger partial charge in [-0.15, -0.1) is 0 Å². The first-order valence-electron chi connectivity index (χ1n) is 5.39. The number of carbonyl (C=O) groups excluding carboxylic acids is 1. The smallest absolute Gasteiger partial charge is 0.228 e. The van der Waals surface area contributed by atoms with Crippen molar-refractivity contribution < 1.29 is 9.32 Å². The van der Waals surface area contributed by atoms with Crippen molar-refractivity contribution in [3.05, 3.63) is 29.8 Å². The van der Waals surface area contributed by atoms with Crippen LogP contribution in [-0.4, -0.2) is 20.9 Å². The van der Waals surface area contributed by atoms with Gasteiger partial charge < -0.3 is 9.84 Å². The van der Waals surface area contributed by atoms with Crippen LogP contribution < -0.4 is 5.32 Å². The summed E-state index contributed by atoms with van der Waals surface area (Å²) in [5.41, 5.74) is 1.45. The Morgan fingerprint density at radius 3 is 3.12 bits per heavy atom. The quantitative estimate of drug-likeness (QED) is 0.846. The van der Waals surface area contributed by atoms with Gasteiger partial charge in [-0.1, -0.05) is 5.16 Å². The summed E-state index contributed by atoms with van der Waals surface area (Å²) >= 11 is 0. The van der Waals surface area contributed by atoms with Gasteiger partial charge in [-0.25, -0.2) is 9.97 Å². The number of fused-ring (bicyclic) bond motifs is 1. The number of carbonyl (C=O) groups is 1. The Labute approximate surface area is 97.1 Å². The fourth-order valence-electron chi connectivity index (χ4n) is 1.84. The SMILES string of the molecule is O=C1CCCc2nc(Nc3ccon3)ncc21. The second-order valence-electron chi connectivity index (χ2n) is 3.84. The molecule has 0 unspecified atom stereocenters. The number of nitrogens with zero attached hydrogens (tertiary/aromatic N) is 3. The molecule has 2 aromatic heterocycles. The lowest BCUT2D eigenvalue weighted by molar-refractivity contribution is 0.0971. The number of hydrogen-bond donors (Lipinski definition) is 1. The van der Waals surface area contributed by atoms with Gasteiger partial charge in [0.05, 0.1) is 11.3 Å². The lowest BCUT2D eigenvalue weighted by Crippen LogP contribution is -2.14. The minimum atomic E-state index is 0.124. The molecule has 2 heterocycles. The van der Waals surface area contributed by atoms with Crippen LogP contribution in [0.25, 0.3) is 0 Å². The molecule has 2 aromatic rings. The summed E-state index contributed by atoms with van der Waals surface area (Å²) < 4.78 is 4.69. The van der Waals surface area contributed by atoms with Crippen LogP contribution >= 0.6 is 0 Å². The van der Waals surface area contributed by atoms with Gasteiger partial charge in [-0.2, -0.15) is 0 Å². The lowest BCUT2D eigenvalue weighted by atomic mass is 9.96. The number of Topliss-reactive ketones (excluding diaryl/α,β-unsaturated/α-hetero) is 1. The van der Waals surface area contributed by atoms with Crippen LogP contribution in [0.3, 0.4) is 0 Å². The molecule has 0 spiro atoms. The van der Waals surface area contributed by atoms with Gasteiger partial charge in [0, 0.05) is 18.7 Å². The van der Waals surface area contributed by atoms with Gasteiger partial charge in [0.25, 0.3) is 0 Å². The molecule has 0 saturated carbocycles. The Hall–Kier alpha value is -2.24. The Balaban J connectivity index is 1.90. The summed E-state index contributed by atoms with van der Waals surface area (Å²) in [7, 11) is 0. The van der Waals surface area contributed by atoms with Gasteiger partial charge >= 0.3 is 0 Å². The predicted octanol–water partition coefficient (Wildman–Crippen LogP) is 1.73. The molecule has 0 amide bonds. The monoisotopic (exact) mass is 230 g/mol. The van der Waals surface area contributed by atoms with Crippen LogP contribution in [0.4, 0.5) is 11.8 Å². The Kier molecular flexibility index (Phi) is 2.32. The van der Waals surface area contributed by atoms with E-state index in [1.807, 2.05) is 0 Å². The number of nitrogens with one attached hydrogen (secondary N) is 1. The van der Waals surface area contributed by atoms with E-state index < -0.39 is 0 Å². The van der Waals surface area contributed by atoms with Crippen molar-refractivity contribution in [3.8, 4) is 0 Å². The molecule has 0 aromatic carbocycles. The van der Waals surface area contributed by atoms with Gasteiger partial charge in [-0.05, 0) is 12.8 Å². The van der Waals surface area contributed by atoms with Crippen molar-refractivity contribution >= 4 is 17.5 Å². The molecule has 0 atom stereocenters. The van der Waals surface area contributed by atoms with Crippen molar-refractivity contribution in [2.75, 3.05) is 5.32 Å². The van der Waals surface area contributed by atoms with Gasteiger partial charge in [0.15, 0.2) is 11.6 Å². The molecule has 86 valence electrons. The first-order chi connectivity index (χ1) is 8.33. The molecule has 3 rings (SSSR count). The number of aromatic nitrogens is 3. The van der Waals surface area contributed by atoms with Gasteiger partial charge in [0.2, 0.25) is 5.95 Å². The van der Waals surface area contributed by atoms with Crippen LogP contribution in [0.2, 0.25) is 0 Å². The molecular formula is C11H10N4O2. The molecule has 0 aliphatic heterocycles. The maximum absolute atomic E-state index is 11.6. The van der Waals surface area contributed by atoms with E-state index in [9.17, 15) is 4.79 Å². The Bertz CT molecular complexity index is 551. The number of aryl methyl sites for hydroxylation is 1. The first-order valence-corrected chi connectivity index (χ1v) is 5.39. The van der Waals surface area contributed by atoms with Crippen LogP contribution in [-0.2, 0) is 6.42 Å². The molecule has 6 heteroatoms. The molecule has 1 aliphatic rings. The predicted molar refractivity (Wildman–Crippen MR) is 59.1 cm³/mol. The molecular weight excluding hydrogens is 220 g/mol. The van der Waals surface area contributed by atoms with Crippen LogP contribution in [0.1, 0.15) is 28.9 Å². The minimum Gasteiger partial charge on any atom is -0.363 e. The van der Waals surface area contributed by atoms with Crippen LogP contribution in [0.15, 0.2) is 23.0 Å². The van der Waals surface area contributed by atoms with E-state index in [0.717, 1.165) is 18.5 Å². The zero-order chi connectivity index (χ0) is 11.7. The highest BCUT2D eigenvalue weighted by Crippen LogP contribution is 2.20. The summed E-state index contributed by atoms with van der Waals surface area (Å²) in [6, 6.07) is 1.67. The number of ketones is 1. The molecule has 0 saturated heterocycles. The fraction of sp³-hybridized carbons (Fsp3) is 0.273. The highest BCUT2D eigenvalue weighted by molar-refractivity contribution is 5.97. The van der Waals surface area contributed by atoms with E-state index in [2.05, 4.69) is 20.4 Å². The van der Waals surface area contributed by atoms with Crippen LogP contribution in [0, 0.1) is 0 Å².